The zero-order valence-electron chi connectivity index (χ0n) is 18.3. The fourth-order valence-electron chi connectivity index (χ4n) is 4.35. The molecule has 2 aromatic carbocycles. The second kappa shape index (κ2) is 9.35. The number of imidazole rings is 1. The number of nitrogen functional groups attached to an aromatic ring is 1. The predicted octanol–water partition coefficient (Wildman–Crippen LogP) is 1.26. The second-order valence-corrected chi connectivity index (χ2v) is 8.24. The molecule has 4 aromatic rings. The smallest absolute Gasteiger partial charge is 0.224 e. The topological polar surface area (TPSA) is 152 Å². The molecule has 34 heavy (non-hydrogen) atoms. The number of aliphatic hydroxyl groups excluding tert-OH is 3. The lowest BCUT2D eigenvalue weighted by atomic mass is 9.91. The Morgan fingerprint density at radius 2 is 1.62 bits per heavy atom. The van der Waals surface area contributed by atoms with E-state index in [0.29, 0.717) is 23.5 Å². The Bertz CT molecular complexity index is 1210. The Morgan fingerprint density at radius 3 is 2.21 bits per heavy atom. The van der Waals surface area contributed by atoms with Crippen molar-refractivity contribution < 1.29 is 20.1 Å². The predicted molar refractivity (Wildman–Crippen MR) is 126 cm³/mol. The van der Waals surface area contributed by atoms with E-state index in [2.05, 4.69) is 44.5 Å². The molecular formula is C24H26N6O4. The normalized spacial score (nSPS) is 22.5. The summed E-state index contributed by atoms with van der Waals surface area (Å²) in [7, 11) is 0. The number of nitrogens with one attached hydrogen (secondary N) is 1. The van der Waals surface area contributed by atoms with Crippen LogP contribution in [0.25, 0.3) is 11.2 Å². The fourth-order valence-corrected chi connectivity index (χ4v) is 4.35. The Kier molecular flexibility index (Phi) is 6.12. The average Bonchev–Trinajstić information content (AvgIpc) is 3.41. The third-order valence-electron chi connectivity index (χ3n) is 6.11. The summed E-state index contributed by atoms with van der Waals surface area (Å²) in [6.07, 6.45) is -2.92. The van der Waals surface area contributed by atoms with Crippen LogP contribution in [0.1, 0.15) is 23.3 Å². The number of hydrogen-bond donors (Lipinski definition) is 5. The van der Waals surface area contributed by atoms with Gasteiger partial charge in [0.15, 0.2) is 23.2 Å². The van der Waals surface area contributed by atoms with Gasteiger partial charge in [-0.1, -0.05) is 60.7 Å². The van der Waals surface area contributed by atoms with E-state index >= 15 is 0 Å². The first-order chi connectivity index (χ1) is 16.6. The maximum absolute atomic E-state index is 10.4. The quantitative estimate of drug-likeness (QED) is 0.273. The van der Waals surface area contributed by atoms with Gasteiger partial charge in [0.2, 0.25) is 5.95 Å². The highest BCUT2D eigenvalue weighted by Gasteiger charge is 2.44. The van der Waals surface area contributed by atoms with Crippen LogP contribution in [0.5, 0.6) is 0 Å². The molecular weight excluding hydrogens is 436 g/mol. The lowest BCUT2D eigenvalue weighted by Gasteiger charge is -2.20. The summed E-state index contributed by atoms with van der Waals surface area (Å²) in [5, 5.41) is 33.3. The van der Waals surface area contributed by atoms with Crippen molar-refractivity contribution in [2.45, 2.75) is 30.5 Å². The molecule has 10 heteroatoms. The molecule has 1 saturated heterocycles. The Balaban J connectivity index is 1.46. The molecule has 10 nitrogen and oxygen atoms in total. The summed E-state index contributed by atoms with van der Waals surface area (Å²) in [5.74, 6) is 0.528. The molecule has 1 aliphatic heterocycles. The van der Waals surface area contributed by atoms with Crippen molar-refractivity contribution in [2.75, 3.05) is 24.2 Å². The van der Waals surface area contributed by atoms with Crippen LogP contribution in [0.4, 0.5) is 11.8 Å². The Hall–Kier alpha value is -3.57. The number of hydrogen-bond acceptors (Lipinski definition) is 9. The van der Waals surface area contributed by atoms with Crippen molar-refractivity contribution in [3.63, 3.8) is 0 Å². The van der Waals surface area contributed by atoms with Gasteiger partial charge in [-0.3, -0.25) is 4.57 Å². The number of nitrogens with two attached hydrogens (primary N) is 1. The molecule has 1 aliphatic rings. The van der Waals surface area contributed by atoms with Gasteiger partial charge in [-0.2, -0.15) is 9.97 Å². The number of rotatable bonds is 7. The highest BCUT2D eigenvalue weighted by Crippen LogP contribution is 2.33. The maximum Gasteiger partial charge on any atom is 0.224 e. The van der Waals surface area contributed by atoms with E-state index < -0.39 is 31.1 Å². The summed E-state index contributed by atoms with van der Waals surface area (Å²) in [5.41, 5.74) is 9.10. The highest BCUT2D eigenvalue weighted by molar-refractivity contribution is 5.84. The largest absolute Gasteiger partial charge is 0.394 e. The fraction of sp³-hybridized carbons (Fsp3) is 0.292. The van der Waals surface area contributed by atoms with Gasteiger partial charge < -0.3 is 31.1 Å². The minimum Gasteiger partial charge on any atom is -0.394 e. The number of benzene rings is 2. The summed E-state index contributed by atoms with van der Waals surface area (Å²) in [4.78, 5) is 13.1. The first kappa shape index (κ1) is 22.2. The van der Waals surface area contributed by atoms with E-state index in [1.807, 2.05) is 36.4 Å². The third-order valence-corrected chi connectivity index (χ3v) is 6.11. The van der Waals surface area contributed by atoms with Crippen molar-refractivity contribution in [3.05, 3.63) is 78.1 Å². The van der Waals surface area contributed by atoms with Crippen LogP contribution < -0.4 is 11.1 Å². The molecule has 3 heterocycles. The van der Waals surface area contributed by atoms with Gasteiger partial charge in [-0.15, -0.1) is 0 Å². The second-order valence-electron chi connectivity index (χ2n) is 8.24. The van der Waals surface area contributed by atoms with Crippen LogP contribution in [-0.2, 0) is 4.74 Å². The molecule has 0 bridgehead atoms. The Labute approximate surface area is 195 Å². The molecule has 0 radical (unpaired) electrons. The number of ether oxygens (including phenoxy) is 1. The van der Waals surface area contributed by atoms with Gasteiger partial charge in [-0.05, 0) is 11.1 Å². The SMILES string of the molecule is Nc1nc(NCC(c2ccccc2)c2ccccc2)c2ncn([C@@H]3O[C@H](CO)[C@@H](O)[C@H]3O)c2n1. The first-order valence-electron chi connectivity index (χ1n) is 11.0. The highest BCUT2D eigenvalue weighted by atomic mass is 16.6. The lowest BCUT2D eigenvalue weighted by Crippen LogP contribution is -2.33. The van der Waals surface area contributed by atoms with Crippen molar-refractivity contribution in [1.29, 1.82) is 0 Å². The van der Waals surface area contributed by atoms with Crippen LogP contribution in [0.2, 0.25) is 0 Å². The van der Waals surface area contributed by atoms with Crippen molar-refractivity contribution >= 4 is 22.9 Å². The van der Waals surface area contributed by atoms with Gasteiger partial charge in [0.25, 0.3) is 0 Å². The molecule has 176 valence electrons. The number of anilines is 2. The monoisotopic (exact) mass is 462 g/mol. The van der Waals surface area contributed by atoms with Crippen LogP contribution in [0, 0.1) is 0 Å². The van der Waals surface area contributed by atoms with Crippen molar-refractivity contribution in [2.24, 2.45) is 0 Å². The molecule has 0 aliphatic carbocycles. The van der Waals surface area contributed by atoms with Crippen LogP contribution in [0.3, 0.4) is 0 Å². The summed E-state index contributed by atoms with van der Waals surface area (Å²) < 4.78 is 7.13. The van der Waals surface area contributed by atoms with E-state index in [0.717, 1.165) is 11.1 Å². The molecule has 0 unspecified atom stereocenters. The molecule has 4 atom stereocenters. The first-order valence-corrected chi connectivity index (χ1v) is 11.0. The van der Waals surface area contributed by atoms with Crippen molar-refractivity contribution in [3.8, 4) is 0 Å². The van der Waals surface area contributed by atoms with Gasteiger partial charge in [0.1, 0.15) is 18.3 Å². The summed E-state index contributed by atoms with van der Waals surface area (Å²) in [6, 6.07) is 20.3. The van der Waals surface area contributed by atoms with Gasteiger partial charge >= 0.3 is 0 Å². The lowest BCUT2D eigenvalue weighted by molar-refractivity contribution is -0.0511. The van der Waals surface area contributed by atoms with E-state index in [4.69, 9.17) is 10.5 Å². The van der Waals surface area contributed by atoms with Gasteiger partial charge in [0.05, 0.1) is 12.9 Å². The standard InChI is InChI=1S/C24H26N6O4/c25-24-28-21(26-11-16(14-7-3-1-4-8-14)15-9-5-2-6-10-15)18-22(29-24)30(13-27-18)23-20(33)19(32)17(12-31)34-23/h1-10,13,16-17,19-20,23,31-33H,11-12H2,(H3,25,26,28,29)/t17-,19-,20-,23-/m1/s1. The molecule has 2 aromatic heterocycles. The zero-order chi connectivity index (χ0) is 23.7. The molecule has 0 amide bonds. The van der Waals surface area contributed by atoms with E-state index in [9.17, 15) is 15.3 Å². The van der Waals surface area contributed by atoms with E-state index in [1.165, 1.54) is 10.9 Å². The molecule has 0 spiro atoms. The van der Waals surface area contributed by atoms with Crippen LogP contribution >= 0.6 is 0 Å². The molecule has 5 rings (SSSR count). The number of aromatic nitrogens is 4. The third kappa shape index (κ3) is 4.08. The van der Waals surface area contributed by atoms with E-state index in [1.54, 1.807) is 0 Å². The average molecular weight is 463 g/mol. The number of aliphatic hydroxyl groups is 3. The van der Waals surface area contributed by atoms with Gasteiger partial charge in [0, 0.05) is 12.5 Å². The number of fused-ring (bicyclic) bond motifs is 1. The van der Waals surface area contributed by atoms with E-state index in [-0.39, 0.29) is 11.9 Å². The molecule has 6 N–H and O–H groups in total. The zero-order valence-corrected chi connectivity index (χ0v) is 18.3. The van der Waals surface area contributed by atoms with Gasteiger partial charge in [-0.25, -0.2) is 4.98 Å². The van der Waals surface area contributed by atoms with Crippen molar-refractivity contribution in [1.82, 2.24) is 19.5 Å². The maximum atomic E-state index is 10.4. The minimum atomic E-state index is -1.26. The summed E-state index contributed by atoms with van der Waals surface area (Å²) >= 11 is 0. The summed E-state index contributed by atoms with van der Waals surface area (Å²) in [6.45, 7) is 0.103. The number of nitrogens with zero attached hydrogens (tertiary/aromatic N) is 4. The molecule has 1 fully saturated rings. The Morgan fingerprint density at radius 1 is 0.971 bits per heavy atom. The van der Waals surface area contributed by atoms with Crippen LogP contribution in [0.15, 0.2) is 67.0 Å². The minimum absolute atomic E-state index is 0.0273. The van der Waals surface area contributed by atoms with Crippen LogP contribution in [-0.4, -0.2) is 66.3 Å². The molecule has 0 saturated carbocycles.